The molecule has 0 aromatic heterocycles. The number of carbonyl (C=O) groups excluding carboxylic acids is 1. The standard InChI is InChI=1S/C26H21BrClFN2O2/c1-3-33-25-12-17(11-22(27)21(25)13-18-6-4-5-7-24(18)29)10-19(15-30)26(32)31-20-9-8-16(2)23(28)14-20/h4-12,14H,3,13H2,1-2H3,(H,31,32)/b19-10+. The van der Waals surface area contributed by atoms with Crippen LogP contribution in [-0.4, -0.2) is 12.5 Å². The monoisotopic (exact) mass is 526 g/mol. The molecular formula is C26H21BrClFN2O2. The number of rotatable bonds is 7. The number of amides is 1. The van der Waals surface area contributed by atoms with Crippen molar-refractivity contribution in [3.05, 3.63) is 97.7 Å². The van der Waals surface area contributed by atoms with Crippen molar-refractivity contribution in [2.45, 2.75) is 20.3 Å². The molecule has 0 saturated heterocycles. The first-order chi connectivity index (χ1) is 15.8. The zero-order valence-corrected chi connectivity index (χ0v) is 20.4. The molecule has 3 aromatic carbocycles. The fraction of sp³-hybridized carbons (Fsp3) is 0.154. The summed E-state index contributed by atoms with van der Waals surface area (Å²) >= 11 is 9.65. The van der Waals surface area contributed by atoms with Crippen LogP contribution in [0.5, 0.6) is 5.75 Å². The first-order valence-corrected chi connectivity index (χ1v) is 11.4. The molecule has 4 nitrogen and oxygen atoms in total. The van der Waals surface area contributed by atoms with E-state index in [1.165, 1.54) is 12.1 Å². The Balaban J connectivity index is 1.92. The topological polar surface area (TPSA) is 62.1 Å². The van der Waals surface area contributed by atoms with Gasteiger partial charge in [-0.2, -0.15) is 5.26 Å². The molecule has 0 atom stereocenters. The lowest BCUT2D eigenvalue weighted by Crippen LogP contribution is -2.13. The van der Waals surface area contributed by atoms with Crippen molar-refractivity contribution in [1.29, 1.82) is 5.26 Å². The lowest BCUT2D eigenvalue weighted by molar-refractivity contribution is -0.112. The normalized spacial score (nSPS) is 11.1. The van der Waals surface area contributed by atoms with Crippen LogP contribution in [0.1, 0.15) is 29.2 Å². The first-order valence-electron chi connectivity index (χ1n) is 10.2. The summed E-state index contributed by atoms with van der Waals surface area (Å²) in [5.74, 6) is -0.304. The Morgan fingerprint density at radius 3 is 2.67 bits per heavy atom. The average Bonchev–Trinajstić information content (AvgIpc) is 2.78. The van der Waals surface area contributed by atoms with Crippen molar-refractivity contribution >= 4 is 45.2 Å². The summed E-state index contributed by atoms with van der Waals surface area (Å²) in [7, 11) is 0. The molecule has 1 N–H and O–H groups in total. The summed E-state index contributed by atoms with van der Waals surface area (Å²) in [5.41, 5.74) is 3.20. The minimum Gasteiger partial charge on any atom is -0.494 e. The number of halogens is 3. The zero-order chi connectivity index (χ0) is 24.0. The molecule has 0 aliphatic heterocycles. The van der Waals surface area contributed by atoms with Crippen LogP contribution in [0, 0.1) is 24.1 Å². The van der Waals surface area contributed by atoms with Gasteiger partial charge >= 0.3 is 0 Å². The summed E-state index contributed by atoms with van der Waals surface area (Å²) in [5, 5.41) is 12.8. The number of nitrogens with one attached hydrogen (secondary N) is 1. The third-order valence-corrected chi connectivity index (χ3v) is 6.02. The zero-order valence-electron chi connectivity index (χ0n) is 18.1. The van der Waals surface area contributed by atoms with Gasteiger partial charge in [-0.3, -0.25) is 4.79 Å². The van der Waals surface area contributed by atoms with Crippen LogP contribution < -0.4 is 10.1 Å². The quantitative estimate of drug-likeness (QED) is 0.264. The highest BCUT2D eigenvalue weighted by atomic mass is 79.9. The predicted octanol–water partition coefficient (Wildman–Crippen LogP) is 7.09. The summed E-state index contributed by atoms with van der Waals surface area (Å²) in [6.45, 7) is 4.12. The highest BCUT2D eigenvalue weighted by Crippen LogP contribution is 2.33. The van der Waals surface area contributed by atoms with E-state index in [2.05, 4.69) is 21.2 Å². The van der Waals surface area contributed by atoms with Crippen LogP contribution in [-0.2, 0) is 11.2 Å². The third kappa shape index (κ3) is 6.22. The molecule has 0 bridgehead atoms. The summed E-state index contributed by atoms with van der Waals surface area (Å²) < 4.78 is 20.7. The molecule has 1 amide bonds. The number of carbonyl (C=O) groups is 1. The van der Waals surface area contributed by atoms with Crippen molar-refractivity contribution in [2.75, 3.05) is 11.9 Å². The summed E-state index contributed by atoms with van der Waals surface area (Å²) in [6.07, 6.45) is 1.80. The number of ether oxygens (including phenoxy) is 1. The van der Waals surface area contributed by atoms with E-state index in [1.54, 1.807) is 48.5 Å². The van der Waals surface area contributed by atoms with Crippen molar-refractivity contribution < 1.29 is 13.9 Å². The number of hydrogen-bond acceptors (Lipinski definition) is 3. The van der Waals surface area contributed by atoms with Gasteiger partial charge in [-0.25, -0.2) is 4.39 Å². The number of nitriles is 1. The van der Waals surface area contributed by atoms with Crippen LogP contribution in [0.2, 0.25) is 5.02 Å². The van der Waals surface area contributed by atoms with E-state index in [0.717, 1.165) is 11.1 Å². The number of aryl methyl sites for hydroxylation is 1. The maximum absolute atomic E-state index is 14.2. The van der Waals surface area contributed by atoms with Crippen molar-refractivity contribution in [3.8, 4) is 11.8 Å². The van der Waals surface area contributed by atoms with Crippen molar-refractivity contribution in [3.63, 3.8) is 0 Å². The second-order valence-electron chi connectivity index (χ2n) is 7.27. The largest absolute Gasteiger partial charge is 0.494 e. The van der Waals surface area contributed by atoms with Gasteiger partial charge < -0.3 is 10.1 Å². The minimum absolute atomic E-state index is 0.0806. The Kier molecular flexibility index (Phi) is 8.26. The molecule has 33 heavy (non-hydrogen) atoms. The SMILES string of the molecule is CCOc1cc(/C=C(\C#N)C(=O)Nc2ccc(C)c(Cl)c2)cc(Br)c1Cc1ccccc1F. The smallest absolute Gasteiger partial charge is 0.266 e. The van der Waals surface area contributed by atoms with E-state index < -0.39 is 5.91 Å². The van der Waals surface area contributed by atoms with Gasteiger partial charge in [0.15, 0.2) is 0 Å². The molecule has 7 heteroatoms. The van der Waals surface area contributed by atoms with Gasteiger partial charge in [0.05, 0.1) is 6.61 Å². The number of benzene rings is 3. The molecule has 0 aliphatic rings. The molecule has 0 heterocycles. The fourth-order valence-electron chi connectivity index (χ4n) is 3.19. The molecule has 0 spiro atoms. The Labute approximate surface area is 205 Å². The number of anilines is 1. The molecule has 3 aromatic rings. The van der Waals surface area contributed by atoms with Gasteiger partial charge in [-0.15, -0.1) is 0 Å². The first kappa shape index (κ1) is 24.5. The molecule has 3 rings (SSSR count). The van der Waals surface area contributed by atoms with Gasteiger partial charge in [-0.05, 0) is 66.9 Å². The van der Waals surface area contributed by atoms with Gasteiger partial charge in [-0.1, -0.05) is 51.8 Å². The van der Waals surface area contributed by atoms with Crippen LogP contribution >= 0.6 is 27.5 Å². The molecular weight excluding hydrogens is 507 g/mol. The summed E-state index contributed by atoms with van der Waals surface area (Å²) in [4.78, 5) is 12.7. The second kappa shape index (κ2) is 11.1. The Morgan fingerprint density at radius 1 is 1.24 bits per heavy atom. The molecule has 0 unspecified atom stereocenters. The van der Waals surface area contributed by atoms with Crippen molar-refractivity contribution in [1.82, 2.24) is 0 Å². The van der Waals surface area contributed by atoms with Crippen LogP contribution in [0.15, 0.2) is 64.6 Å². The van der Waals surface area contributed by atoms with Crippen LogP contribution in [0.25, 0.3) is 6.08 Å². The van der Waals surface area contributed by atoms with Gasteiger partial charge in [0.2, 0.25) is 0 Å². The van der Waals surface area contributed by atoms with E-state index in [9.17, 15) is 14.4 Å². The fourth-order valence-corrected chi connectivity index (χ4v) is 3.97. The molecule has 168 valence electrons. The van der Waals surface area contributed by atoms with E-state index in [1.807, 2.05) is 19.9 Å². The number of nitrogens with zero attached hydrogens (tertiary/aromatic N) is 1. The Hall–Kier alpha value is -3.14. The highest BCUT2D eigenvalue weighted by molar-refractivity contribution is 9.10. The Bertz CT molecular complexity index is 1270. The summed E-state index contributed by atoms with van der Waals surface area (Å²) in [6, 6.07) is 17.1. The van der Waals surface area contributed by atoms with E-state index in [4.69, 9.17) is 16.3 Å². The van der Waals surface area contributed by atoms with Crippen molar-refractivity contribution in [2.24, 2.45) is 0 Å². The van der Waals surface area contributed by atoms with E-state index in [-0.39, 0.29) is 11.4 Å². The molecule has 0 saturated carbocycles. The molecule has 0 aliphatic carbocycles. The Morgan fingerprint density at radius 2 is 2.00 bits per heavy atom. The maximum atomic E-state index is 14.2. The predicted molar refractivity (Wildman–Crippen MR) is 133 cm³/mol. The highest BCUT2D eigenvalue weighted by Gasteiger charge is 2.15. The van der Waals surface area contributed by atoms with Gasteiger partial charge in [0, 0.05) is 27.2 Å². The molecule has 0 fully saturated rings. The van der Waals surface area contributed by atoms with E-state index >= 15 is 0 Å². The lowest BCUT2D eigenvalue weighted by Gasteiger charge is -2.14. The average molecular weight is 528 g/mol. The second-order valence-corrected chi connectivity index (χ2v) is 8.53. The molecule has 0 radical (unpaired) electrons. The third-order valence-electron chi connectivity index (χ3n) is 4.91. The van der Waals surface area contributed by atoms with Gasteiger partial charge in [0.1, 0.15) is 23.2 Å². The maximum Gasteiger partial charge on any atom is 0.266 e. The minimum atomic E-state index is -0.554. The van der Waals surface area contributed by atoms with Crippen LogP contribution in [0.4, 0.5) is 10.1 Å². The number of hydrogen-bond donors (Lipinski definition) is 1. The lowest BCUT2D eigenvalue weighted by atomic mass is 10.0. The van der Waals surface area contributed by atoms with Gasteiger partial charge in [0.25, 0.3) is 5.91 Å². The van der Waals surface area contributed by atoms with Crippen LogP contribution in [0.3, 0.4) is 0 Å². The van der Waals surface area contributed by atoms with E-state index in [0.29, 0.717) is 45.1 Å².